The van der Waals surface area contributed by atoms with Crippen LogP contribution in [0.4, 0.5) is 0 Å². The van der Waals surface area contributed by atoms with Gasteiger partial charge in [-0.15, -0.1) is 0 Å². The van der Waals surface area contributed by atoms with Crippen LogP contribution in [0.25, 0.3) is 0 Å². The Labute approximate surface area is 115 Å². The summed E-state index contributed by atoms with van der Waals surface area (Å²) < 4.78 is 26.8. The molecule has 1 unspecified atom stereocenters. The van der Waals surface area contributed by atoms with Crippen molar-refractivity contribution in [3.05, 3.63) is 42.6 Å². The summed E-state index contributed by atoms with van der Waals surface area (Å²) in [6.45, 7) is 8.23. The Morgan fingerprint density at radius 1 is 1.42 bits per heavy atom. The monoisotopic (exact) mass is 280 g/mol. The van der Waals surface area contributed by atoms with Crippen molar-refractivity contribution in [2.75, 3.05) is 19.6 Å². The smallest absolute Gasteiger partial charge is 0.240 e. The van der Waals surface area contributed by atoms with Crippen molar-refractivity contribution in [1.82, 2.24) is 9.62 Å². The number of nitrogens with zero attached hydrogens (tertiary/aromatic N) is 1. The molecule has 0 bridgehead atoms. The van der Waals surface area contributed by atoms with Crippen molar-refractivity contribution in [1.29, 1.82) is 0 Å². The Hall–Kier alpha value is -1.33. The molecule has 1 saturated heterocycles. The van der Waals surface area contributed by atoms with E-state index < -0.39 is 10.0 Å². The second-order valence-corrected chi connectivity index (χ2v) is 6.77. The van der Waals surface area contributed by atoms with E-state index in [1.165, 1.54) is 0 Å². The lowest BCUT2D eigenvalue weighted by Crippen LogP contribution is -2.30. The number of hydrogen-bond acceptors (Lipinski definition) is 3. The van der Waals surface area contributed by atoms with Gasteiger partial charge in [-0.1, -0.05) is 24.8 Å². The third-order valence-corrected chi connectivity index (χ3v) is 4.88. The number of nitrogens with one attached hydrogen (secondary N) is 1. The standard InChI is InChI=1S/C14H20N2O2S/c1-12(2)16-9-8-13(11-16)10-15-19(17,18)14-6-4-3-5-7-14/h3-7,13,15H,1,8-11H2,2H3. The first-order chi connectivity index (χ1) is 8.99. The van der Waals surface area contributed by atoms with Gasteiger partial charge in [0.1, 0.15) is 0 Å². The molecule has 1 aliphatic heterocycles. The quantitative estimate of drug-likeness (QED) is 0.895. The number of benzene rings is 1. The Morgan fingerprint density at radius 2 is 2.11 bits per heavy atom. The maximum Gasteiger partial charge on any atom is 0.240 e. The topological polar surface area (TPSA) is 49.4 Å². The second-order valence-electron chi connectivity index (χ2n) is 5.00. The lowest BCUT2D eigenvalue weighted by Gasteiger charge is -2.18. The fourth-order valence-electron chi connectivity index (χ4n) is 2.26. The number of likely N-dealkylation sites (tertiary alicyclic amines) is 1. The molecule has 1 aromatic carbocycles. The molecule has 2 rings (SSSR count). The SMILES string of the molecule is C=C(C)N1CCC(CNS(=O)(=O)c2ccccc2)C1. The van der Waals surface area contributed by atoms with Gasteiger partial charge in [0.05, 0.1) is 4.90 Å². The van der Waals surface area contributed by atoms with Gasteiger partial charge in [-0.2, -0.15) is 0 Å². The van der Waals surface area contributed by atoms with E-state index in [1.807, 2.05) is 6.92 Å². The van der Waals surface area contributed by atoms with Gasteiger partial charge < -0.3 is 4.90 Å². The van der Waals surface area contributed by atoms with E-state index in [2.05, 4.69) is 16.2 Å². The van der Waals surface area contributed by atoms with Crippen molar-refractivity contribution in [2.45, 2.75) is 18.2 Å². The Kier molecular flexibility index (Phi) is 4.27. The lowest BCUT2D eigenvalue weighted by molar-refractivity contribution is 0.405. The highest BCUT2D eigenvalue weighted by molar-refractivity contribution is 7.89. The minimum absolute atomic E-state index is 0.324. The fraction of sp³-hybridized carbons (Fsp3) is 0.429. The summed E-state index contributed by atoms with van der Waals surface area (Å²) in [6.07, 6.45) is 1.00. The highest BCUT2D eigenvalue weighted by atomic mass is 32.2. The number of hydrogen-bond donors (Lipinski definition) is 1. The zero-order valence-electron chi connectivity index (χ0n) is 11.2. The summed E-state index contributed by atoms with van der Waals surface area (Å²) in [4.78, 5) is 2.52. The predicted octanol–water partition coefficient (Wildman–Crippen LogP) is 1.82. The molecular weight excluding hydrogens is 260 g/mol. The number of sulfonamides is 1. The van der Waals surface area contributed by atoms with Crippen molar-refractivity contribution < 1.29 is 8.42 Å². The van der Waals surface area contributed by atoms with Crippen LogP contribution in [0.2, 0.25) is 0 Å². The van der Waals surface area contributed by atoms with E-state index in [0.717, 1.165) is 25.2 Å². The Balaban J connectivity index is 1.91. The molecule has 0 saturated carbocycles. The van der Waals surface area contributed by atoms with Crippen LogP contribution >= 0.6 is 0 Å². The van der Waals surface area contributed by atoms with Crippen LogP contribution in [0.1, 0.15) is 13.3 Å². The van der Waals surface area contributed by atoms with Gasteiger partial charge in [-0.25, -0.2) is 13.1 Å². The molecule has 1 fully saturated rings. The van der Waals surface area contributed by atoms with Crippen LogP contribution in [0.5, 0.6) is 0 Å². The highest BCUT2D eigenvalue weighted by Crippen LogP contribution is 2.19. The molecule has 0 spiro atoms. The second kappa shape index (κ2) is 5.75. The molecule has 0 aromatic heterocycles. The average molecular weight is 280 g/mol. The summed E-state index contributed by atoms with van der Waals surface area (Å²) in [7, 11) is -3.38. The summed E-state index contributed by atoms with van der Waals surface area (Å²) in [5.41, 5.74) is 1.05. The normalized spacial score (nSPS) is 19.6. The molecule has 1 aromatic rings. The minimum atomic E-state index is -3.38. The molecule has 4 nitrogen and oxygen atoms in total. The van der Waals surface area contributed by atoms with Crippen LogP contribution in [-0.2, 0) is 10.0 Å². The first-order valence-corrected chi connectivity index (χ1v) is 7.92. The van der Waals surface area contributed by atoms with E-state index in [9.17, 15) is 8.42 Å². The summed E-state index contributed by atoms with van der Waals surface area (Å²) in [6, 6.07) is 8.48. The summed E-state index contributed by atoms with van der Waals surface area (Å²) in [5, 5.41) is 0. The number of allylic oxidation sites excluding steroid dienone is 1. The van der Waals surface area contributed by atoms with Gasteiger partial charge in [0.15, 0.2) is 0 Å². The maximum absolute atomic E-state index is 12.1. The van der Waals surface area contributed by atoms with Crippen LogP contribution in [-0.4, -0.2) is 33.0 Å². The molecule has 0 amide bonds. The number of rotatable bonds is 5. The van der Waals surface area contributed by atoms with Gasteiger partial charge in [0, 0.05) is 25.3 Å². The molecule has 1 atom stereocenters. The maximum atomic E-state index is 12.1. The lowest BCUT2D eigenvalue weighted by atomic mass is 10.1. The molecule has 1 aliphatic rings. The first kappa shape index (κ1) is 14.1. The molecule has 0 aliphatic carbocycles. The summed E-state index contributed by atoms with van der Waals surface area (Å²) in [5.74, 6) is 0.357. The van der Waals surface area contributed by atoms with Crippen molar-refractivity contribution in [3.8, 4) is 0 Å². The van der Waals surface area contributed by atoms with E-state index in [0.29, 0.717) is 17.4 Å². The van der Waals surface area contributed by atoms with Crippen LogP contribution < -0.4 is 4.72 Å². The van der Waals surface area contributed by atoms with Crippen molar-refractivity contribution in [2.24, 2.45) is 5.92 Å². The minimum Gasteiger partial charge on any atom is -0.375 e. The Bertz CT molecular complexity index is 540. The molecule has 1 heterocycles. The van der Waals surface area contributed by atoms with E-state index >= 15 is 0 Å². The zero-order valence-corrected chi connectivity index (χ0v) is 12.0. The van der Waals surface area contributed by atoms with Gasteiger partial charge in [0.25, 0.3) is 0 Å². The predicted molar refractivity (Wildman–Crippen MR) is 76.1 cm³/mol. The van der Waals surface area contributed by atoms with Gasteiger partial charge in [-0.3, -0.25) is 0 Å². The van der Waals surface area contributed by atoms with Gasteiger partial charge in [-0.05, 0) is 31.4 Å². The third-order valence-electron chi connectivity index (χ3n) is 3.44. The van der Waals surface area contributed by atoms with Crippen LogP contribution in [0.15, 0.2) is 47.5 Å². The third kappa shape index (κ3) is 3.58. The molecular formula is C14H20N2O2S. The van der Waals surface area contributed by atoms with E-state index in [1.54, 1.807) is 30.3 Å². The zero-order chi connectivity index (χ0) is 13.9. The molecule has 0 radical (unpaired) electrons. The van der Waals surface area contributed by atoms with Crippen LogP contribution in [0.3, 0.4) is 0 Å². The first-order valence-electron chi connectivity index (χ1n) is 6.44. The van der Waals surface area contributed by atoms with Gasteiger partial charge >= 0.3 is 0 Å². The molecule has 19 heavy (non-hydrogen) atoms. The average Bonchev–Trinajstić information content (AvgIpc) is 2.87. The van der Waals surface area contributed by atoms with Gasteiger partial charge in [0.2, 0.25) is 10.0 Å². The molecule has 1 N–H and O–H groups in total. The largest absolute Gasteiger partial charge is 0.375 e. The molecule has 5 heteroatoms. The van der Waals surface area contributed by atoms with Crippen LogP contribution in [0, 0.1) is 5.92 Å². The van der Waals surface area contributed by atoms with E-state index in [4.69, 9.17) is 0 Å². The molecule has 104 valence electrons. The van der Waals surface area contributed by atoms with Crippen molar-refractivity contribution >= 4 is 10.0 Å². The summed E-state index contributed by atoms with van der Waals surface area (Å²) >= 11 is 0. The van der Waals surface area contributed by atoms with Crippen molar-refractivity contribution in [3.63, 3.8) is 0 Å². The Morgan fingerprint density at radius 3 is 2.68 bits per heavy atom. The van der Waals surface area contributed by atoms with E-state index in [-0.39, 0.29) is 0 Å². The highest BCUT2D eigenvalue weighted by Gasteiger charge is 2.24. The fourth-order valence-corrected chi connectivity index (χ4v) is 3.39.